The van der Waals surface area contributed by atoms with Gasteiger partial charge in [0.2, 0.25) is 0 Å². The molecule has 0 aliphatic rings. The lowest BCUT2D eigenvalue weighted by Gasteiger charge is -2.10. The summed E-state index contributed by atoms with van der Waals surface area (Å²) in [6.45, 7) is 3.91. The molecule has 0 atom stereocenters. The highest BCUT2D eigenvalue weighted by Crippen LogP contribution is 2.16. The van der Waals surface area contributed by atoms with E-state index in [-0.39, 0.29) is 5.91 Å². The Kier molecular flexibility index (Phi) is 8.16. The van der Waals surface area contributed by atoms with Gasteiger partial charge in [-0.15, -0.1) is 0 Å². The zero-order valence-corrected chi connectivity index (χ0v) is 16.1. The minimum atomic E-state index is -0.108. The summed E-state index contributed by atoms with van der Waals surface area (Å²) in [5, 5.41) is 2.94. The van der Waals surface area contributed by atoms with E-state index in [2.05, 4.69) is 43.4 Å². The minimum Gasteiger partial charge on any atom is -0.494 e. The predicted octanol–water partition coefficient (Wildman–Crippen LogP) is 4.61. The van der Waals surface area contributed by atoms with Crippen molar-refractivity contribution in [3.63, 3.8) is 0 Å². The maximum Gasteiger partial charge on any atom is 0.255 e. The number of hydrogen-bond acceptors (Lipinski definition) is 3. The predicted molar refractivity (Wildman–Crippen MR) is 108 cm³/mol. The van der Waals surface area contributed by atoms with Crippen LogP contribution >= 0.6 is 0 Å². The molecule has 0 saturated heterocycles. The number of carbonyl (C=O) groups is 1. The SMILES string of the molecule is CCCCCOc1ccc(C(=O)Nc2ccc(CCN(C)C)cc2)cc1. The lowest BCUT2D eigenvalue weighted by molar-refractivity contribution is 0.102. The Morgan fingerprint density at radius 2 is 1.69 bits per heavy atom. The van der Waals surface area contributed by atoms with E-state index in [0.29, 0.717) is 5.56 Å². The normalized spacial score (nSPS) is 10.8. The van der Waals surface area contributed by atoms with E-state index >= 15 is 0 Å². The second-order valence-electron chi connectivity index (χ2n) is 6.78. The molecule has 2 rings (SSSR count). The van der Waals surface area contributed by atoms with Gasteiger partial charge < -0.3 is 15.0 Å². The van der Waals surface area contributed by atoms with Crippen molar-refractivity contribution in [3.05, 3.63) is 59.7 Å². The Labute approximate surface area is 157 Å². The largest absolute Gasteiger partial charge is 0.494 e. The van der Waals surface area contributed by atoms with Crippen molar-refractivity contribution in [2.75, 3.05) is 32.6 Å². The van der Waals surface area contributed by atoms with Gasteiger partial charge in [0.05, 0.1) is 6.61 Å². The van der Waals surface area contributed by atoms with Gasteiger partial charge in [-0.2, -0.15) is 0 Å². The van der Waals surface area contributed by atoms with Crippen LogP contribution in [-0.4, -0.2) is 38.1 Å². The number of likely N-dealkylation sites (N-methyl/N-ethyl adjacent to an activating group) is 1. The number of rotatable bonds is 10. The average molecular weight is 354 g/mol. The zero-order chi connectivity index (χ0) is 18.8. The molecular weight excluding hydrogens is 324 g/mol. The highest BCUT2D eigenvalue weighted by atomic mass is 16.5. The van der Waals surface area contributed by atoms with Crippen LogP contribution in [0.5, 0.6) is 5.75 Å². The van der Waals surface area contributed by atoms with Crippen molar-refractivity contribution < 1.29 is 9.53 Å². The molecule has 0 aromatic heterocycles. The van der Waals surface area contributed by atoms with E-state index in [0.717, 1.165) is 37.4 Å². The van der Waals surface area contributed by atoms with Crippen LogP contribution in [0.4, 0.5) is 5.69 Å². The summed E-state index contributed by atoms with van der Waals surface area (Å²) in [4.78, 5) is 14.5. The number of amides is 1. The second-order valence-corrected chi connectivity index (χ2v) is 6.78. The molecule has 0 spiro atoms. The summed E-state index contributed by atoms with van der Waals surface area (Å²) in [6.07, 6.45) is 4.41. The lowest BCUT2D eigenvalue weighted by Crippen LogP contribution is -2.15. The first-order valence-electron chi connectivity index (χ1n) is 9.36. The standard InChI is InChI=1S/C22H30N2O2/c1-4-5-6-17-26-21-13-9-19(10-14-21)22(25)23-20-11-7-18(8-12-20)15-16-24(2)3/h7-14H,4-6,15-17H2,1-3H3,(H,23,25). The van der Waals surface area contributed by atoms with Gasteiger partial charge in [0.25, 0.3) is 5.91 Å². The molecule has 0 saturated carbocycles. The van der Waals surface area contributed by atoms with Crippen LogP contribution in [0, 0.1) is 0 Å². The summed E-state index contributed by atoms with van der Waals surface area (Å²) >= 11 is 0. The zero-order valence-electron chi connectivity index (χ0n) is 16.1. The monoisotopic (exact) mass is 354 g/mol. The fraction of sp³-hybridized carbons (Fsp3) is 0.409. The van der Waals surface area contributed by atoms with Crippen molar-refractivity contribution in [1.29, 1.82) is 0 Å². The number of ether oxygens (including phenoxy) is 1. The van der Waals surface area contributed by atoms with Crippen LogP contribution in [0.2, 0.25) is 0 Å². The van der Waals surface area contributed by atoms with Gasteiger partial charge in [-0.1, -0.05) is 31.9 Å². The van der Waals surface area contributed by atoms with Crippen LogP contribution in [0.25, 0.3) is 0 Å². The molecule has 4 nitrogen and oxygen atoms in total. The molecule has 0 heterocycles. The minimum absolute atomic E-state index is 0.108. The highest BCUT2D eigenvalue weighted by Gasteiger charge is 2.06. The molecule has 0 bridgehead atoms. The molecule has 140 valence electrons. The lowest BCUT2D eigenvalue weighted by atomic mass is 10.1. The van der Waals surface area contributed by atoms with Gasteiger partial charge in [-0.05, 0) is 68.9 Å². The molecule has 0 radical (unpaired) electrons. The average Bonchev–Trinajstić information content (AvgIpc) is 2.65. The second kappa shape index (κ2) is 10.6. The Bertz CT molecular complexity index is 664. The van der Waals surface area contributed by atoms with Crippen LogP contribution < -0.4 is 10.1 Å². The molecule has 26 heavy (non-hydrogen) atoms. The highest BCUT2D eigenvalue weighted by molar-refractivity contribution is 6.04. The molecule has 4 heteroatoms. The van der Waals surface area contributed by atoms with E-state index in [1.54, 1.807) is 12.1 Å². The molecule has 1 N–H and O–H groups in total. The van der Waals surface area contributed by atoms with Gasteiger partial charge in [-0.3, -0.25) is 4.79 Å². The van der Waals surface area contributed by atoms with Gasteiger partial charge >= 0.3 is 0 Å². The molecule has 2 aromatic carbocycles. The quantitative estimate of drug-likeness (QED) is 0.633. The molecular formula is C22H30N2O2. The Morgan fingerprint density at radius 3 is 2.31 bits per heavy atom. The maximum atomic E-state index is 12.4. The Balaban J connectivity index is 1.85. The molecule has 0 fully saturated rings. The Hall–Kier alpha value is -2.33. The maximum absolute atomic E-state index is 12.4. The topological polar surface area (TPSA) is 41.6 Å². The number of nitrogens with zero attached hydrogens (tertiary/aromatic N) is 1. The summed E-state index contributed by atoms with van der Waals surface area (Å²) in [6, 6.07) is 15.3. The molecule has 2 aromatic rings. The summed E-state index contributed by atoms with van der Waals surface area (Å²) in [5.74, 6) is 0.700. The van der Waals surface area contributed by atoms with Gasteiger partial charge in [0.1, 0.15) is 5.75 Å². The number of carbonyl (C=O) groups excluding carboxylic acids is 1. The van der Waals surface area contributed by atoms with E-state index in [1.807, 2.05) is 24.3 Å². The van der Waals surface area contributed by atoms with Crippen LogP contribution in [-0.2, 0) is 6.42 Å². The number of benzene rings is 2. The molecule has 0 aliphatic heterocycles. The third-order valence-electron chi connectivity index (χ3n) is 4.19. The Morgan fingerprint density at radius 1 is 1.00 bits per heavy atom. The summed E-state index contributed by atoms with van der Waals surface area (Å²) < 4.78 is 5.68. The first kappa shape index (κ1) is 20.0. The summed E-state index contributed by atoms with van der Waals surface area (Å²) in [5.41, 5.74) is 2.70. The van der Waals surface area contributed by atoms with E-state index in [9.17, 15) is 4.79 Å². The van der Waals surface area contributed by atoms with Gasteiger partial charge in [0, 0.05) is 17.8 Å². The van der Waals surface area contributed by atoms with Crippen molar-refractivity contribution >= 4 is 11.6 Å². The molecule has 0 aliphatic carbocycles. The van der Waals surface area contributed by atoms with Crippen LogP contribution in [0.15, 0.2) is 48.5 Å². The van der Waals surface area contributed by atoms with Crippen molar-refractivity contribution in [3.8, 4) is 5.75 Å². The van der Waals surface area contributed by atoms with E-state index in [1.165, 1.54) is 18.4 Å². The fourth-order valence-corrected chi connectivity index (χ4v) is 2.56. The number of unbranched alkanes of at least 4 members (excludes halogenated alkanes) is 2. The number of nitrogens with one attached hydrogen (secondary N) is 1. The molecule has 1 amide bonds. The van der Waals surface area contributed by atoms with E-state index in [4.69, 9.17) is 4.74 Å². The smallest absolute Gasteiger partial charge is 0.255 e. The molecule has 0 unspecified atom stereocenters. The summed E-state index contributed by atoms with van der Waals surface area (Å²) in [7, 11) is 4.13. The fourth-order valence-electron chi connectivity index (χ4n) is 2.56. The van der Waals surface area contributed by atoms with Gasteiger partial charge in [-0.25, -0.2) is 0 Å². The van der Waals surface area contributed by atoms with E-state index < -0.39 is 0 Å². The van der Waals surface area contributed by atoms with Crippen LogP contribution in [0.1, 0.15) is 42.1 Å². The van der Waals surface area contributed by atoms with Crippen molar-refractivity contribution in [2.45, 2.75) is 32.6 Å². The van der Waals surface area contributed by atoms with Gasteiger partial charge in [0.15, 0.2) is 0 Å². The van der Waals surface area contributed by atoms with Crippen LogP contribution in [0.3, 0.4) is 0 Å². The van der Waals surface area contributed by atoms with Crippen molar-refractivity contribution in [1.82, 2.24) is 4.90 Å². The third-order valence-corrected chi connectivity index (χ3v) is 4.19. The first-order valence-corrected chi connectivity index (χ1v) is 9.36. The third kappa shape index (κ3) is 6.89. The number of hydrogen-bond donors (Lipinski definition) is 1. The first-order chi connectivity index (χ1) is 12.6. The number of anilines is 1. The van der Waals surface area contributed by atoms with Crippen molar-refractivity contribution in [2.24, 2.45) is 0 Å².